The van der Waals surface area contributed by atoms with E-state index in [1.54, 1.807) is 30.4 Å². The fraction of sp³-hybridized carbons (Fsp3) is 0.333. The number of hydrogen-bond acceptors (Lipinski definition) is 4. The molecule has 134 valence electrons. The van der Waals surface area contributed by atoms with Crippen molar-refractivity contribution in [2.24, 2.45) is 0 Å². The highest BCUT2D eigenvalue weighted by Crippen LogP contribution is 2.10. The summed E-state index contributed by atoms with van der Waals surface area (Å²) < 4.78 is 25.3. The van der Waals surface area contributed by atoms with Gasteiger partial charge in [-0.3, -0.25) is 9.78 Å². The lowest BCUT2D eigenvalue weighted by Gasteiger charge is -2.22. The topological polar surface area (TPSA) is 70.6 Å². The van der Waals surface area contributed by atoms with E-state index in [9.17, 15) is 13.2 Å². The van der Waals surface area contributed by atoms with Gasteiger partial charge >= 0.3 is 0 Å². The van der Waals surface area contributed by atoms with Gasteiger partial charge in [-0.1, -0.05) is 36.4 Å². The Morgan fingerprint density at radius 2 is 1.72 bits per heavy atom. The summed E-state index contributed by atoms with van der Waals surface area (Å²) in [5, 5.41) is 0. The maximum Gasteiger partial charge on any atom is 0.223 e. The van der Waals surface area contributed by atoms with E-state index < -0.39 is 10.0 Å². The van der Waals surface area contributed by atoms with E-state index in [0.717, 1.165) is 17.4 Å². The normalized spacial score (nSPS) is 11.5. The number of carbonyl (C=O) groups excluding carboxylic acids is 1. The van der Waals surface area contributed by atoms with Gasteiger partial charge in [0.25, 0.3) is 0 Å². The molecule has 25 heavy (non-hydrogen) atoms. The van der Waals surface area contributed by atoms with E-state index in [-0.39, 0.29) is 25.4 Å². The zero-order valence-corrected chi connectivity index (χ0v) is 15.3. The summed E-state index contributed by atoms with van der Waals surface area (Å²) in [6.45, 7) is 0.856. The van der Waals surface area contributed by atoms with Crippen LogP contribution in [0.4, 0.5) is 0 Å². The van der Waals surface area contributed by atoms with Crippen LogP contribution >= 0.6 is 0 Å². The van der Waals surface area contributed by atoms with E-state index >= 15 is 0 Å². The highest BCUT2D eigenvalue weighted by molar-refractivity contribution is 7.88. The number of aromatic nitrogens is 1. The first-order chi connectivity index (χ1) is 11.9. The number of hydrogen-bond donors (Lipinski definition) is 0. The quantitative estimate of drug-likeness (QED) is 0.720. The van der Waals surface area contributed by atoms with Crippen molar-refractivity contribution in [3.63, 3.8) is 0 Å². The number of carbonyl (C=O) groups is 1. The van der Waals surface area contributed by atoms with Crippen molar-refractivity contribution in [3.05, 3.63) is 66.0 Å². The first-order valence-corrected chi connectivity index (χ1v) is 9.83. The molecule has 2 rings (SSSR count). The van der Waals surface area contributed by atoms with Crippen LogP contribution in [0, 0.1) is 0 Å². The van der Waals surface area contributed by atoms with Crippen LogP contribution in [0.2, 0.25) is 0 Å². The van der Waals surface area contributed by atoms with Crippen LogP contribution < -0.4 is 0 Å². The Kier molecular flexibility index (Phi) is 6.66. The summed E-state index contributed by atoms with van der Waals surface area (Å²) in [7, 11) is -1.69. The smallest absolute Gasteiger partial charge is 0.223 e. The molecule has 1 amide bonds. The highest BCUT2D eigenvalue weighted by atomic mass is 32.2. The van der Waals surface area contributed by atoms with Crippen LogP contribution in [0.25, 0.3) is 0 Å². The Morgan fingerprint density at radius 1 is 1.04 bits per heavy atom. The second kappa shape index (κ2) is 8.73. The molecule has 7 heteroatoms. The Labute approximate surface area is 149 Å². The maximum atomic E-state index is 12.3. The molecule has 1 heterocycles. The third-order valence-corrected chi connectivity index (χ3v) is 5.06. The fourth-order valence-corrected chi connectivity index (χ4v) is 3.22. The summed E-state index contributed by atoms with van der Waals surface area (Å²) in [5.41, 5.74) is 1.83. The van der Waals surface area contributed by atoms with Crippen molar-refractivity contribution in [2.75, 3.05) is 19.8 Å². The molecule has 0 saturated carbocycles. The summed E-state index contributed by atoms with van der Waals surface area (Å²) in [6.07, 6.45) is 4.55. The predicted molar refractivity (Wildman–Crippen MR) is 97.0 cm³/mol. The van der Waals surface area contributed by atoms with Gasteiger partial charge in [0.2, 0.25) is 15.9 Å². The minimum absolute atomic E-state index is 0.0938. The molecule has 6 nitrogen and oxygen atoms in total. The lowest BCUT2D eigenvalue weighted by atomic mass is 10.2. The van der Waals surface area contributed by atoms with Gasteiger partial charge < -0.3 is 4.90 Å². The first-order valence-electron chi connectivity index (χ1n) is 7.98. The van der Waals surface area contributed by atoms with Crippen molar-refractivity contribution in [2.45, 2.75) is 19.5 Å². The Morgan fingerprint density at radius 3 is 2.32 bits per heavy atom. The van der Waals surface area contributed by atoms with E-state index in [2.05, 4.69) is 4.98 Å². The van der Waals surface area contributed by atoms with Gasteiger partial charge in [0.1, 0.15) is 0 Å². The van der Waals surface area contributed by atoms with Crippen LogP contribution in [-0.2, 0) is 27.9 Å². The van der Waals surface area contributed by atoms with Gasteiger partial charge in [0.05, 0.1) is 6.26 Å². The van der Waals surface area contributed by atoms with Gasteiger partial charge in [0.15, 0.2) is 0 Å². The summed E-state index contributed by atoms with van der Waals surface area (Å²) in [5.74, 6) is -0.0938. The largest absolute Gasteiger partial charge is 0.341 e. The molecule has 0 unspecified atom stereocenters. The summed E-state index contributed by atoms with van der Waals surface area (Å²) in [4.78, 5) is 17.9. The van der Waals surface area contributed by atoms with Crippen LogP contribution in [0.15, 0.2) is 54.9 Å². The van der Waals surface area contributed by atoms with E-state index in [1.807, 2.05) is 36.4 Å². The number of rotatable bonds is 8. The SMILES string of the molecule is CN(Cc1ccccc1)C(=O)CCN(Cc1cccnc1)S(C)(=O)=O. The van der Waals surface area contributed by atoms with Crippen molar-refractivity contribution in [3.8, 4) is 0 Å². The molecule has 0 bridgehead atoms. The molecule has 0 aliphatic carbocycles. The number of nitrogens with zero attached hydrogens (tertiary/aromatic N) is 3. The van der Waals surface area contributed by atoms with Gasteiger partial charge in [-0.2, -0.15) is 4.31 Å². The molecule has 0 fully saturated rings. The zero-order chi connectivity index (χ0) is 18.3. The van der Waals surface area contributed by atoms with Crippen LogP contribution in [-0.4, -0.2) is 48.4 Å². The van der Waals surface area contributed by atoms with E-state index in [1.165, 1.54) is 4.31 Å². The number of benzene rings is 1. The number of sulfonamides is 1. The van der Waals surface area contributed by atoms with E-state index in [4.69, 9.17) is 0 Å². The lowest BCUT2D eigenvalue weighted by molar-refractivity contribution is -0.130. The predicted octanol–water partition coefficient (Wildman–Crippen LogP) is 1.89. The molecule has 0 spiro atoms. The monoisotopic (exact) mass is 361 g/mol. The molecular weight excluding hydrogens is 338 g/mol. The average molecular weight is 361 g/mol. The van der Waals surface area contributed by atoms with Crippen LogP contribution in [0.3, 0.4) is 0 Å². The second-order valence-electron chi connectivity index (χ2n) is 5.94. The van der Waals surface area contributed by atoms with Crippen molar-refractivity contribution < 1.29 is 13.2 Å². The fourth-order valence-electron chi connectivity index (χ4n) is 2.41. The third-order valence-electron chi connectivity index (χ3n) is 3.81. The first kappa shape index (κ1) is 19.1. The van der Waals surface area contributed by atoms with Crippen LogP contribution in [0.5, 0.6) is 0 Å². The molecule has 0 atom stereocenters. The summed E-state index contributed by atoms with van der Waals surface area (Å²) in [6, 6.07) is 13.3. The third kappa shape index (κ3) is 6.28. The van der Waals surface area contributed by atoms with Crippen molar-refractivity contribution in [1.29, 1.82) is 0 Å². The molecule has 2 aromatic rings. The standard InChI is InChI=1S/C18H23N3O3S/c1-20(14-16-7-4-3-5-8-16)18(22)10-12-21(25(2,23)24)15-17-9-6-11-19-13-17/h3-9,11,13H,10,12,14-15H2,1-2H3. The number of pyridine rings is 1. The van der Waals surface area contributed by atoms with Gasteiger partial charge in [-0.15, -0.1) is 0 Å². The molecule has 0 aliphatic heterocycles. The number of amides is 1. The van der Waals surface area contributed by atoms with E-state index in [0.29, 0.717) is 6.54 Å². The molecule has 0 N–H and O–H groups in total. The van der Waals surface area contributed by atoms with Gasteiger partial charge in [-0.05, 0) is 17.2 Å². The van der Waals surface area contributed by atoms with Crippen molar-refractivity contribution >= 4 is 15.9 Å². The molecule has 0 aliphatic rings. The van der Waals surface area contributed by atoms with Gasteiger partial charge in [0, 0.05) is 45.5 Å². The average Bonchev–Trinajstić information content (AvgIpc) is 2.59. The Balaban J connectivity index is 1.94. The lowest BCUT2D eigenvalue weighted by Crippen LogP contribution is -2.34. The highest BCUT2D eigenvalue weighted by Gasteiger charge is 2.19. The molecule has 0 radical (unpaired) electrons. The van der Waals surface area contributed by atoms with Gasteiger partial charge in [-0.25, -0.2) is 8.42 Å². The minimum Gasteiger partial charge on any atom is -0.341 e. The van der Waals surface area contributed by atoms with Crippen LogP contribution in [0.1, 0.15) is 17.5 Å². The summed E-state index contributed by atoms with van der Waals surface area (Å²) >= 11 is 0. The molecule has 1 aromatic heterocycles. The second-order valence-corrected chi connectivity index (χ2v) is 7.93. The zero-order valence-electron chi connectivity index (χ0n) is 14.5. The molecular formula is C18H23N3O3S. The van der Waals surface area contributed by atoms with Crippen molar-refractivity contribution in [1.82, 2.24) is 14.2 Å². The molecule has 1 aromatic carbocycles. The molecule has 0 saturated heterocycles. The minimum atomic E-state index is -3.41. The Bertz CT molecular complexity index is 780. The maximum absolute atomic E-state index is 12.3. The Hall–Kier alpha value is -2.25.